The first-order valence-corrected chi connectivity index (χ1v) is 12.8. The molecule has 2 unspecified atom stereocenters. The smallest absolute Gasteiger partial charge is 0.303 e. The molecule has 6 rings (SSSR count). The summed E-state index contributed by atoms with van der Waals surface area (Å²) < 4.78 is 23.5. The third-order valence-electron chi connectivity index (χ3n) is 9.83. The molecular formula is C28H32O8. The molecule has 0 radical (unpaired) electrons. The number of Topliss-reactive ketones (excluding diaryl/α,β-unsaturated/α-hetero) is 1. The molecule has 1 aromatic heterocycles. The number of allylic oxidation sites excluding steroid dienone is 4. The third-order valence-corrected chi connectivity index (χ3v) is 9.83. The van der Waals surface area contributed by atoms with Crippen LogP contribution in [0.25, 0.3) is 0 Å². The first-order valence-electron chi connectivity index (χ1n) is 12.8. The Morgan fingerprint density at radius 3 is 2.81 bits per heavy atom. The first-order chi connectivity index (χ1) is 17.1. The maximum atomic E-state index is 13.9. The Hall–Kier alpha value is -2.55. The summed E-state index contributed by atoms with van der Waals surface area (Å²) in [5, 5.41) is 11.7. The SMILES string of the molecule is CC(=O)OCC(=O)[C@@]12OC(c3ccco3)O[C@@H]1C[C@H]1[C@@H]3CCC4=CC(=O)C=C[C@]4(C)[C@H]3C(O)C[C@@]12C. The molecule has 0 spiro atoms. The molecule has 5 aliphatic rings. The number of ketones is 2. The van der Waals surface area contributed by atoms with E-state index in [1.54, 1.807) is 24.3 Å². The zero-order valence-corrected chi connectivity index (χ0v) is 20.8. The molecule has 1 aromatic rings. The molecule has 3 saturated carbocycles. The number of esters is 1. The van der Waals surface area contributed by atoms with Crippen molar-refractivity contribution in [1.29, 1.82) is 0 Å². The summed E-state index contributed by atoms with van der Waals surface area (Å²) in [5.41, 5.74) is -1.47. The zero-order valence-electron chi connectivity index (χ0n) is 20.8. The van der Waals surface area contributed by atoms with Crippen LogP contribution in [-0.2, 0) is 28.6 Å². The summed E-state index contributed by atoms with van der Waals surface area (Å²) in [7, 11) is 0. The predicted octanol–water partition coefficient (Wildman–Crippen LogP) is 3.45. The molecule has 0 aromatic carbocycles. The predicted molar refractivity (Wildman–Crippen MR) is 125 cm³/mol. The Balaban J connectivity index is 1.40. The van der Waals surface area contributed by atoms with Crippen molar-refractivity contribution >= 4 is 17.5 Å². The topological polar surface area (TPSA) is 112 Å². The number of furan rings is 1. The van der Waals surface area contributed by atoms with Crippen molar-refractivity contribution in [3.63, 3.8) is 0 Å². The number of carbonyl (C=O) groups excluding carboxylic acids is 3. The van der Waals surface area contributed by atoms with Crippen molar-refractivity contribution in [2.45, 2.75) is 70.6 Å². The summed E-state index contributed by atoms with van der Waals surface area (Å²) in [6.07, 6.45) is 7.19. The number of hydrogen-bond donors (Lipinski definition) is 1. The van der Waals surface area contributed by atoms with E-state index in [9.17, 15) is 19.5 Å². The van der Waals surface area contributed by atoms with E-state index in [2.05, 4.69) is 6.92 Å². The van der Waals surface area contributed by atoms with Gasteiger partial charge in [-0.1, -0.05) is 25.5 Å². The highest BCUT2D eigenvalue weighted by Crippen LogP contribution is 2.70. The van der Waals surface area contributed by atoms with Crippen LogP contribution in [0.3, 0.4) is 0 Å². The lowest BCUT2D eigenvalue weighted by Crippen LogP contribution is -2.63. The van der Waals surface area contributed by atoms with Crippen molar-refractivity contribution < 1.29 is 38.1 Å². The minimum atomic E-state index is -1.38. The lowest BCUT2D eigenvalue weighted by Gasteiger charge is -2.59. The Bertz CT molecular complexity index is 1170. The van der Waals surface area contributed by atoms with E-state index in [0.717, 1.165) is 18.4 Å². The van der Waals surface area contributed by atoms with Crippen LogP contribution in [-0.4, -0.2) is 47.1 Å². The van der Waals surface area contributed by atoms with Crippen LogP contribution in [0.1, 0.15) is 58.5 Å². The lowest BCUT2D eigenvalue weighted by molar-refractivity contribution is -0.204. The van der Waals surface area contributed by atoms with E-state index >= 15 is 0 Å². The summed E-state index contributed by atoms with van der Waals surface area (Å²) in [5.74, 6) is -0.364. The molecule has 8 nitrogen and oxygen atoms in total. The molecule has 1 saturated heterocycles. The van der Waals surface area contributed by atoms with E-state index in [1.165, 1.54) is 13.2 Å². The van der Waals surface area contributed by atoms with Crippen LogP contribution < -0.4 is 0 Å². The minimum Gasteiger partial charge on any atom is -0.464 e. The molecule has 4 fully saturated rings. The number of fused-ring (bicyclic) bond motifs is 7. The van der Waals surface area contributed by atoms with Gasteiger partial charge in [0, 0.05) is 23.7 Å². The molecule has 9 atom stereocenters. The van der Waals surface area contributed by atoms with Crippen LogP contribution in [0.15, 0.2) is 46.6 Å². The summed E-state index contributed by atoms with van der Waals surface area (Å²) in [6, 6.07) is 3.48. The molecule has 8 heteroatoms. The number of carbonyl (C=O) groups is 3. The van der Waals surface area contributed by atoms with Gasteiger partial charge in [-0.3, -0.25) is 14.4 Å². The maximum Gasteiger partial charge on any atom is 0.303 e. The van der Waals surface area contributed by atoms with Crippen LogP contribution in [0.4, 0.5) is 0 Å². The van der Waals surface area contributed by atoms with Crippen LogP contribution >= 0.6 is 0 Å². The van der Waals surface area contributed by atoms with E-state index < -0.39 is 47.5 Å². The van der Waals surface area contributed by atoms with Crippen LogP contribution in [0.5, 0.6) is 0 Å². The highest BCUT2D eigenvalue weighted by Gasteiger charge is 2.76. The second-order valence-electron chi connectivity index (χ2n) is 11.5. The fourth-order valence-corrected chi connectivity index (χ4v) is 8.40. The fraction of sp³-hybridized carbons (Fsp3) is 0.607. The van der Waals surface area contributed by atoms with Gasteiger partial charge in [0.05, 0.1) is 18.5 Å². The highest BCUT2D eigenvalue weighted by molar-refractivity contribution is 6.01. The van der Waals surface area contributed by atoms with E-state index in [4.69, 9.17) is 18.6 Å². The number of hydrogen-bond acceptors (Lipinski definition) is 8. The van der Waals surface area contributed by atoms with Crippen molar-refractivity contribution in [3.05, 3.63) is 48.0 Å². The average molecular weight is 497 g/mol. The van der Waals surface area contributed by atoms with Gasteiger partial charge >= 0.3 is 5.97 Å². The van der Waals surface area contributed by atoms with E-state index in [-0.39, 0.29) is 29.3 Å². The van der Waals surface area contributed by atoms with Crippen molar-refractivity contribution in [1.82, 2.24) is 0 Å². The van der Waals surface area contributed by atoms with Crippen molar-refractivity contribution in [2.75, 3.05) is 6.61 Å². The maximum absolute atomic E-state index is 13.9. The monoisotopic (exact) mass is 496 g/mol. The Morgan fingerprint density at radius 1 is 1.28 bits per heavy atom. The lowest BCUT2D eigenvalue weighted by atomic mass is 9.46. The number of ether oxygens (including phenoxy) is 3. The second kappa shape index (κ2) is 7.97. The molecule has 0 bridgehead atoms. The number of rotatable bonds is 4. The van der Waals surface area contributed by atoms with Gasteiger partial charge in [-0.2, -0.15) is 0 Å². The second-order valence-corrected chi connectivity index (χ2v) is 11.5. The quantitative estimate of drug-likeness (QED) is 0.631. The van der Waals surface area contributed by atoms with Gasteiger partial charge in [0.25, 0.3) is 0 Å². The minimum absolute atomic E-state index is 0.00718. The summed E-state index contributed by atoms with van der Waals surface area (Å²) in [4.78, 5) is 37.5. The number of aliphatic hydroxyl groups excluding tert-OH is 1. The van der Waals surface area contributed by atoms with Crippen molar-refractivity contribution in [2.24, 2.45) is 28.6 Å². The van der Waals surface area contributed by atoms with Crippen LogP contribution in [0.2, 0.25) is 0 Å². The molecule has 1 N–H and O–H groups in total. The molecule has 192 valence electrons. The number of aliphatic hydroxyl groups is 1. The van der Waals surface area contributed by atoms with Gasteiger partial charge in [-0.15, -0.1) is 0 Å². The molecular weight excluding hydrogens is 464 g/mol. The summed E-state index contributed by atoms with van der Waals surface area (Å²) >= 11 is 0. The van der Waals surface area contributed by atoms with Gasteiger partial charge in [0.15, 0.2) is 23.8 Å². The average Bonchev–Trinajstić information content (AvgIpc) is 3.53. The standard InChI is InChI=1S/C28H32O8/c1-15(29)34-14-22(32)28-23(35-25(36-28)21-5-4-10-33-21)12-19-18-7-6-16-11-17(30)8-9-26(16,2)24(18)20(31)13-27(19,28)3/h4-5,8-11,18-20,23-25,31H,6-7,12-14H2,1-3H3/t18-,19-,20?,23+,24+,25?,26-,27-,28+/m0/s1. The highest BCUT2D eigenvalue weighted by atomic mass is 16.8. The van der Waals surface area contributed by atoms with Gasteiger partial charge < -0.3 is 23.7 Å². The Morgan fingerprint density at radius 2 is 2.08 bits per heavy atom. The molecule has 2 heterocycles. The van der Waals surface area contributed by atoms with Gasteiger partial charge in [0.1, 0.15) is 0 Å². The molecule has 1 aliphatic heterocycles. The van der Waals surface area contributed by atoms with Gasteiger partial charge in [-0.25, -0.2) is 0 Å². The van der Waals surface area contributed by atoms with Gasteiger partial charge in [-0.05, 0) is 61.8 Å². The van der Waals surface area contributed by atoms with E-state index in [1.807, 2.05) is 13.0 Å². The zero-order chi connectivity index (χ0) is 25.5. The normalized spacial score (nSPS) is 44.8. The summed E-state index contributed by atoms with van der Waals surface area (Å²) in [6.45, 7) is 4.99. The molecule has 36 heavy (non-hydrogen) atoms. The fourth-order valence-electron chi connectivity index (χ4n) is 8.40. The third kappa shape index (κ3) is 3.07. The largest absolute Gasteiger partial charge is 0.464 e. The van der Waals surface area contributed by atoms with Crippen molar-refractivity contribution in [3.8, 4) is 0 Å². The Kier molecular flexibility index (Phi) is 5.28. The molecule has 4 aliphatic carbocycles. The first kappa shape index (κ1) is 23.8. The van der Waals surface area contributed by atoms with E-state index in [0.29, 0.717) is 18.6 Å². The van der Waals surface area contributed by atoms with Gasteiger partial charge in [0.2, 0.25) is 12.1 Å². The van der Waals surface area contributed by atoms with Crippen LogP contribution in [0, 0.1) is 28.6 Å². The molecule has 0 amide bonds. The Labute approximate surface area is 209 Å².